The van der Waals surface area contributed by atoms with Gasteiger partial charge in [-0.2, -0.15) is 0 Å². The number of nitrogens with zero attached hydrogens (tertiary/aromatic N) is 1. The van der Waals surface area contributed by atoms with Crippen molar-refractivity contribution in [1.29, 1.82) is 0 Å². The maximum Gasteiger partial charge on any atom is 0.119 e. The Morgan fingerprint density at radius 3 is 2.22 bits per heavy atom. The van der Waals surface area contributed by atoms with Crippen molar-refractivity contribution in [3.63, 3.8) is 0 Å². The Balaban J connectivity index is 1.84. The summed E-state index contributed by atoms with van der Waals surface area (Å²) in [6.45, 7) is 5.25. The second kappa shape index (κ2) is 8.70. The average Bonchev–Trinajstić information content (AvgIpc) is 2.60. The van der Waals surface area contributed by atoms with Gasteiger partial charge in [-0.15, -0.1) is 0 Å². The zero-order valence-corrected chi connectivity index (χ0v) is 14.3. The number of rotatable bonds is 8. The van der Waals surface area contributed by atoms with Gasteiger partial charge in [0, 0.05) is 12.6 Å². The van der Waals surface area contributed by atoms with Gasteiger partial charge in [-0.05, 0) is 43.7 Å². The molecule has 0 saturated heterocycles. The number of ether oxygens (including phenoxy) is 1. The largest absolute Gasteiger partial charge is 0.491 e. The van der Waals surface area contributed by atoms with Gasteiger partial charge in [0.25, 0.3) is 0 Å². The third kappa shape index (κ3) is 5.38. The third-order valence-electron chi connectivity index (χ3n) is 4.25. The maximum atomic E-state index is 10.1. The molecular formula is C20H27NO2. The van der Waals surface area contributed by atoms with E-state index < -0.39 is 6.10 Å². The molecule has 2 unspecified atom stereocenters. The van der Waals surface area contributed by atoms with Crippen LogP contribution in [0.1, 0.15) is 20.3 Å². The van der Waals surface area contributed by atoms with Gasteiger partial charge >= 0.3 is 0 Å². The van der Waals surface area contributed by atoms with Gasteiger partial charge in [0.2, 0.25) is 0 Å². The van der Waals surface area contributed by atoms with Crippen LogP contribution in [0.5, 0.6) is 5.75 Å². The number of likely N-dealkylation sites (N-methyl/N-ethyl adjacent to an activating group) is 1. The minimum absolute atomic E-state index is 0.311. The zero-order chi connectivity index (χ0) is 16.7. The van der Waals surface area contributed by atoms with Crippen LogP contribution in [-0.4, -0.2) is 42.4 Å². The van der Waals surface area contributed by atoms with Gasteiger partial charge < -0.3 is 14.7 Å². The zero-order valence-electron chi connectivity index (χ0n) is 14.3. The van der Waals surface area contributed by atoms with E-state index in [0.29, 0.717) is 19.2 Å². The first-order valence-electron chi connectivity index (χ1n) is 8.26. The van der Waals surface area contributed by atoms with Crippen LogP contribution in [0, 0.1) is 0 Å². The van der Waals surface area contributed by atoms with E-state index in [-0.39, 0.29) is 0 Å². The highest BCUT2D eigenvalue weighted by Gasteiger charge is 2.13. The van der Waals surface area contributed by atoms with Crippen molar-refractivity contribution in [1.82, 2.24) is 4.90 Å². The molecule has 0 spiro atoms. The van der Waals surface area contributed by atoms with E-state index in [9.17, 15) is 5.11 Å². The van der Waals surface area contributed by atoms with E-state index in [1.54, 1.807) is 0 Å². The van der Waals surface area contributed by atoms with Crippen LogP contribution in [0.4, 0.5) is 0 Å². The molecule has 3 heteroatoms. The van der Waals surface area contributed by atoms with Gasteiger partial charge in [-0.3, -0.25) is 0 Å². The van der Waals surface area contributed by atoms with Crippen LogP contribution in [0.3, 0.4) is 0 Å². The van der Waals surface area contributed by atoms with Crippen molar-refractivity contribution in [2.45, 2.75) is 32.4 Å². The predicted octanol–water partition coefficient (Wildman–Crippen LogP) is 3.82. The first-order chi connectivity index (χ1) is 11.1. The van der Waals surface area contributed by atoms with Gasteiger partial charge in [-0.1, -0.05) is 49.4 Å². The Bertz CT molecular complexity index is 568. The highest BCUT2D eigenvalue weighted by Crippen LogP contribution is 2.22. The second-order valence-corrected chi connectivity index (χ2v) is 6.05. The summed E-state index contributed by atoms with van der Waals surface area (Å²) in [5.41, 5.74) is 2.35. The molecule has 2 rings (SSSR count). The van der Waals surface area contributed by atoms with E-state index in [4.69, 9.17) is 4.74 Å². The Kier molecular flexibility index (Phi) is 6.63. The van der Waals surface area contributed by atoms with Gasteiger partial charge in [0.15, 0.2) is 0 Å². The topological polar surface area (TPSA) is 32.7 Å². The Hall–Kier alpha value is -1.84. The molecule has 3 nitrogen and oxygen atoms in total. The molecule has 0 radical (unpaired) electrons. The van der Waals surface area contributed by atoms with Crippen LogP contribution >= 0.6 is 0 Å². The molecule has 1 N–H and O–H groups in total. The van der Waals surface area contributed by atoms with Crippen molar-refractivity contribution in [2.24, 2.45) is 0 Å². The minimum atomic E-state index is -0.484. The third-order valence-corrected chi connectivity index (χ3v) is 4.25. The lowest BCUT2D eigenvalue weighted by Gasteiger charge is -2.26. The molecule has 23 heavy (non-hydrogen) atoms. The summed E-state index contributed by atoms with van der Waals surface area (Å²) in [5.74, 6) is 0.787. The lowest BCUT2D eigenvalue weighted by Crippen LogP contribution is -2.38. The summed E-state index contributed by atoms with van der Waals surface area (Å²) in [6.07, 6.45) is 0.591. The van der Waals surface area contributed by atoms with Crippen molar-refractivity contribution in [2.75, 3.05) is 20.2 Å². The summed E-state index contributed by atoms with van der Waals surface area (Å²) >= 11 is 0. The van der Waals surface area contributed by atoms with E-state index in [1.165, 1.54) is 5.56 Å². The van der Waals surface area contributed by atoms with Crippen LogP contribution < -0.4 is 4.74 Å². The quantitative estimate of drug-likeness (QED) is 0.804. The fraction of sp³-hybridized carbons (Fsp3) is 0.400. The molecular weight excluding hydrogens is 286 g/mol. The Labute approximate surface area is 139 Å². The monoisotopic (exact) mass is 313 g/mol. The molecule has 0 bridgehead atoms. The van der Waals surface area contributed by atoms with E-state index in [0.717, 1.165) is 17.7 Å². The Morgan fingerprint density at radius 2 is 1.61 bits per heavy atom. The van der Waals surface area contributed by atoms with Crippen LogP contribution in [-0.2, 0) is 0 Å². The summed E-state index contributed by atoms with van der Waals surface area (Å²) in [4.78, 5) is 2.16. The summed E-state index contributed by atoms with van der Waals surface area (Å²) < 4.78 is 5.70. The Morgan fingerprint density at radius 1 is 1.00 bits per heavy atom. The fourth-order valence-corrected chi connectivity index (χ4v) is 2.44. The molecule has 2 aromatic rings. The first-order valence-corrected chi connectivity index (χ1v) is 8.26. The number of hydrogen-bond acceptors (Lipinski definition) is 3. The van der Waals surface area contributed by atoms with Crippen LogP contribution in [0.25, 0.3) is 11.1 Å². The molecule has 124 valence electrons. The van der Waals surface area contributed by atoms with Gasteiger partial charge in [0.1, 0.15) is 18.5 Å². The first kappa shape index (κ1) is 17.5. The molecule has 0 amide bonds. The second-order valence-electron chi connectivity index (χ2n) is 6.05. The molecule has 0 aliphatic rings. The number of aliphatic hydroxyl groups is 1. The highest BCUT2D eigenvalue weighted by molar-refractivity contribution is 5.63. The van der Waals surface area contributed by atoms with Crippen LogP contribution in [0.2, 0.25) is 0 Å². The SMILES string of the molecule is CCC(C)N(C)CC(O)COc1ccc(-c2ccccc2)cc1. The highest BCUT2D eigenvalue weighted by atomic mass is 16.5. The van der Waals surface area contributed by atoms with Crippen molar-refractivity contribution in [3.05, 3.63) is 54.6 Å². The van der Waals surface area contributed by atoms with Gasteiger partial charge in [0.05, 0.1) is 0 Å². The van der Waals surface area contributed by atoms with Crippen molar-refractivity contribution in [3.8, 4) is 16.9 Å². The number of benzene rings is 2. The van der Waals surface area contributed by atoms with E-state index in [2.05, 4.69) is 30.9 Å². The van der Waals surface area contributed by atoms with Crippen LogP contribution in [0.15, 0.2) is 54.6 Å². The van der Waals surface area contributed by atoms with E-state index >= 15 is 0 Å². The molecule has 0 aromatic heterocycles. The molecule has 0 fully saturated rings. The minimum Gasteiger partial charge on any atom is -0.491 e. The van der Waals surface area contributed by atoms with Crippen molar-refractivity contribution >= 4 is 0 Å². The fourth-order valence-electron chi connectivity index (χ4n) is 2.44. The molecule has 0 aliphatic carbocycles. The number of hydrogen-bond donors (Lipinski definition) is 1. The predicted molar refractivity (Wildman–Crippen MR) is 95.8 cm³/mol. The van der Waals surface area contributed by atoms with E-state index in [1.807, 2.05) is 49.5 Å². The molecule has 0 aliphatic heterocycles. The molecule has 0 saturated carbocycles. The average molecular weight is 313 g/mol. The lowest BCUT2D eigenvalue weighted by molar-refractivity contribution is 0.0649. The summed E-state index contributed by atoms with van der Waals surface area (Å²) in [6, 6.07) is 18.7. The standard InChI is InChI=1S/C20H27NO2/c1-4-16(2)21(3)14-19(22)15-23-20-12-10-18(11-13-20)17-8-6-5-7-9-17/h5-13,16,19,22H,4,14-15H2,1-3H3. The normalized spacial score (nSPS) is 13.8. The molecule has 2 atom stereocenters. The summed E-state index contributed by atoms with van der Waals surface area (Å²) in [7, 11) is 2.03. The smallest absolute Gasteiger partial charge is 0.119 e. The lowest BCUT2D eigenvalue weighted by atomic mass is 10.1. The summed E-state index contributed by atoms with van der Waals surface area (Å²) in [5, 5.41) is 10.1. The van der Waals surface area contributed by atoms with Gasteiger partial charge in [-0.25, -0.2) is 0 Å². The van der Waals surface area contributed by atoms with Crippen molar-refractivity contribution < 1.29 is 9.84 Å². The number of aliphatic hydroxyl groups excluding tert-OH is 1. The molecule has 0 heterocycles. The maximum absolute atomic E-state index is 10.1. The molecule has 2 aromatic carbocycles.